The molecule has 4 heteroatoms. The first-order valence-corrected chi connectivity index (χ1v) is 11.6. The predicted octanol–water partition coefficient (Wildman–Crippen LogP) is 5.36. The summed E-state index contributed by atoms with van der Waals surface area (Å²) in [4.78, 5) is 12.1. The van der Waals surface area contributed by atoms with Crippen LogP contribution in [0.4, 0.5) is 0 Å². The maximum atomic E-state index is 12.1. The van der Waals surface area contributed by atoms with Gasteiger partial charge in [-0.2, -0.15) is 0 Å². The number of carbonyl (C=O) groups excluding carboxylic acids is 1. The molecule has 0 N–H and O–H groups in total. The van der Waals surface area contributed by atoms with Gasteiger partial charge in [0, 0.05) is 39.9 Å². The molecule has 3 unspecified atom stereocenters. The van der Waals surface area contributed by atoms with Crippen LogP contribution in [0.5, 0.6) is 0 Å². The maximum absolute atomic E-state index is 12.1. The van der Waals surface area contributed by atoms with E-state index in [9.17, 15) is 4.79 Å². The Labute approximate surface area is 176 Å². The Balaban J connectivity index is 1.70. The summed E-state index contributed by atoms with van der Waals surface area (Å²) in [5, 5.41) is 0. The number of carbonyl (C=O) groups is 1. The number of fused-ring (bicyclic) bond motifs is 5. The van der Waals surface area contributed by atoms with Crippen LogP contribution in [0.3, 0.4) is 0 Å². The molecule has 29 heavy (non-hydrogen) atoms. The average molecular weight is 405 g/mol. The summed E-state index contributed by atoms with van der Waals surface area (Å²) in [7, 11) is 3.55. The summed E-state index contributed by atoms with van der Waals surface area (Å²) in [6.45, 7) is 10.6. The van der Waals surface area contributed by atoms with Crippen LogP contribution in [-0.2, 0) is 19.0 Å². The topological polar surface area (TPSA) is 44.8 Å². The minimum atomic E-state index is -0.446. The van der Waals surface area contributed by atoms with Crippen LogP contribution in [0, 0.1) is 40.4 Å². The normalized spacial score (nSPS) is 48.2. The lowest BCUT2D eigenvalue weighted by Gasteiger charge is -2.63. The Morgan fingerprint density at radius 3 is 2.34 bits per heavy atom. The highest BCUT2D eigenvalue weighted by molar-refractivity contribution is 5.66. The Hall–Kier alpha value is -0.870. The molecule has 4 aliphatic rings. The molecule has 4 saturated carbocycles. The molecular weight excluding hydrogens is 364 g/mol. The van der Waals surface area contributed by atoms with E-state index in [2.05, 4.69) is 26.5 Å². The van der Waals surface area contributed by atoms with Gasteiger partial charge in [-0.1, -0.05) is 19.9 Å². The first-order valence-electron chi connectivity index (χ1n) is 11.6. The molecule has 0 aromatic carbocycles. The molecular formula is C25H40O4. The van der Waals surface area contributed by atoms with Gasteiger partial charge in [-0.05, 0) is 73.0 Å². The Morgan fingerprint density at radius 2 is 1.72 bits per heavy atom. The van der Waals surface area contributed by atoms with Gasteiger partial charge in [-0.25, -0.2) is 0 Å². The summed E-state index contributed by atoms with van der Waals surface area (Å²) in [5.41, 5.74) is 0.390. The number of ether oxygens (including phenoxy) is 3. The van der Waals surface area contributed by atoms with Gasteiger partial charge in [-0.15, -0.1) is 6.58 Å². The molecule has 0 aliphatic heterocycles. The lowest BCUT2D eigenvalue weighted by Crippen LogP contribution is -2.61. The van der Waals surface area contributed by atoms with Crippen LogP contribution < -0.4 is 0 Å². The number of rotatable bonds is 4. The third-order valence-electron chi connectivity index (χ3n) is 9.99. The molecule has 8 atom stereocenters. The highest BCUT2D eigenvalue weighted by Crippen LogP contribution is 2.68. The molecule has 0 heterocycles. The first-order chi connectivity index (χ1) is 13.7. The van der Waals surface area contributed by atoms with Gasteiger partial charge in [-0.3, -0.25) is 4.79 Å². The van der Waals surface area contributed by atoms with Crippen molar-refractivity contribution in [3.63, 3.8) is 0 Å². The van der Waals surface area contributed by atoms with Gasteiger partial charge < -0.3 is 14.2 Å². The summed E-state index contributed by atoms with van der Waals surface area (Å²) in [6.07, 6.45) is 11.1. The second-order valence-electron chi connectivity index (χ2n) is 10.9. The van der Waals surface area contributed by atoms with E-state index in [0.29, 0.717) is 23.7 Å². The van der Waals surface area contributed by atoms with Crippen molar-refractivity contribution in [1.29, 1.82) is 0 Å². The molecule has 0 bridgehead atoms. The van der Waals surface area contributed by atoms with Crippen molar-refractivity contribution in [1.82, 2.24) is 0 Å². The van der Waals surface area contributed by atoms with Crippen LogP contribution in [-0.4, -0.2) is 32.1 Å². The number of esters is 1. The molecule has 0 aromatic rings. The molecule has 4 fully saturated rings. The van der Waals surface area contributed by atoms with Gasteiger partial charge in [0.15, 0.2) is 5.79 Å². The Morgan fingerprint density at radius 1 is 1.00 bits per heavy atom. The van der Waals surface area contributed by atoms with Crippen LogP contribution in [0.15, 0.2) is 12.7 Å². The molecule has 164 valence electrons. The quantitative estimate of drug-likeness (QED) is 0.359. The van der Waals surface area contributed by atoms with E-state index >= 15 is 0 Å². The summed E-state index contributed by atoms with van der Waals surface area (Å²) < 4.78 is 17.8. The molecule has 0 radical (unpaired) electrons. The third kappa shape index (κ3) is 3.12. The van der Waals surface area contributed by atoms with E-state index in [1.807, 2.05) is 0 Å². The van der Waals surface area contributed by atoms with Crippen molar-refractivity contribution < 1.29 is 19.0 Å². The van der Waals surface area contributed by atoms with Crippen molar-refractivity contribution in [2.75, 3.05) is 14.2 Å². The van der Waals surface area contributed by atoms with Crippen LogP contribution in [0.2, 0.25) is 0 Å². The van der Waals surface area contributed by atoms with Gasteiger partial charge in [0.2, 0.25) is 0 Å². The average Bonchev–Trinajstić information content (AvgIpc) is 3.02. The van der Waals surface area contributed by atoms with E-state index in [-0.39, 0.29) is 22.9 Å². The van der Waals surface area contributed by atoms with E-state index in [4.69, 9.17) is 14.2 Å². The fourth-order valence-corrected chi connectivity index (χ4v) is 8.49. The standard InChI is InChI=1S/C25H40O4/c1-7-17-9-11-20-19-10-8-18-14-25(27-5,28-6)13-12-23(18,3)22(19)21(29-16(2)26)15-24(17,20)4/h7,17-22H,1,8-15H2,2-6H3/t17-,18-,19?,20?,21+,22?,23-,24+/m0/s1. The first kappa shape index (κ1) is 21.4. The summed E-state index contributed by atoms with van der Waals surface area (Å²) in [5.74, 6) is 2.32. The lowest BCUT2D eigenvalue weighted by atomic mass is 9.43. The van der Waals surface area contributed by atoms with Crippen LogP contribution in [0.1, 0.15) is 72.1 Å². The summed E-state index contributed by atoms with van der Waals surface area (Å²) >= 11 is 0. The third-order valence-corrected chi connectivity index (χ3v) is 9.99. The number of methoxy groups -OCH3 is 2. The maximum Gasteiger partial charge on any atom is 0.302 e. The molecule has 0 saturated heterocycles. The molecule has 0 aromatic heterocycles. The monoisotopic (exact) mass is 404 g/mol. The van der Waals surface area contributed by atoms with Crippen molar-refractivity contribution >= 4 is 5.97 Å². The van der Waals surface area contributed by atoms with Gasteiger partial charge in [0.1, 0.15) is 6.10 Å². The zero-order valence-electron chi connectivity index (χ0n) is 19.0. The molecule has 0 amide bonds. The second kappa shape index (κ2) is 7.37. The Bertz CT molecular complexity index is 655. The minimum absolute atomic E-state index is 0.0182. The largest absolute Gasteiger partial charge is 0.462 e. The minimum Gasteiger partial charge on any atom is -0.462 e. The lowest BCUT2D eigenvalue weighted by molar-refractivity contribution is -0.269. The fourth-order valence-electron chi connectivity index (χ4n) is 8.49. The fraction of sp³-hybridized carbons (Fsp3) is 0.880. The Kier molecular flexibility index (Phi) is 5.43. The molecule has 4 nitrogen and oxygen atoms in total. The van der Waals surface area contributed by atoms with Crippen molar-refractivity contribution in [3.05, 3.63) is 12.7 Å². The number of hydrogen-bond acceptors (Lipinski definition) is 4. The number of allylic oxidation sites excluding steroid dienone is 1. The zero-order valence-corrected chi connectivity index (χ0v) is 19.0. The molecule has 4 rings (SSSR count). The van der Waals surface area contributed by atoms with E-state index < -0.39 is 5.79 Å². The predicted molar refractivity (Wildman–Crippen MR) is 113 cm³/mol. The van der Waals surface area contributed by atoms with E-state index in [0.717, 1.165) is 31.6 Å². The zero-order chi connectivity index (χ0) is 21.0. The van der Waals surface area contributed by atoms with Crippen LogP contribution >= 0.6 is 0 Å². The number of hydrogen-bond donors (Lipinski definition) is 0. The highest BCUT2D eigenvalue weighted by Gasteiger charge is 2.64. The molecule has 0 spiro atoms. The van der Waals surface area contributed by atoms with Crippen molar-refractivity contribution in [3.8, 4) is 0 Å². The highest BCUT2D eigenvalue weighted by atomic mass is 16.7. The van der Waals surface area contributed by atoms with E-state index in [1.165, 1.54) is 25.7 Å². The van der Waals surface area contributed by atoms with E-state index in [1.54, 1.807) is 21.1 Å². The van der Waals surface area contributed by atoms with Gasteiger partial charge in [0.25, 0.3) is 0 Å². The smallest absolute Gasteiger partial charge is 0.302 e. The van der Waals surface area contributed by atoms with Gasteiger partial charge >= 0.3 is 5.97 Å². The molecule has 4 aliphatic carbocycles. The van der Waals surface area contributed by atoms with Crippen molar-refractivity contribution in [2.24, 2.45) is 40.4 Å². The van der Waals surface area contributed by atoms with Crippen LogP contribution in [0.25, 0.3) is 0 Å². The summed E-state index contributed by atoms with van der Waals surface area (Å²) in [6, 6.07) is 0. The second-order valence-corrected chi connectivity index (χ2v) is 10.9. The van der Waals surface area contributed by atoms with Gasteiger partial charge in [0.05, 0.1) is 0 Å². The van der Waals surface area contributed by atoms with Crippen molar-refractivity contribution in [2.45, 2.75) is 84.0 Å². The SMILES string of the molecule is C=C[C@H]1CCC2C3CC[C@H]4CC(OC)(OC)CC[C@]4(C)C3[C@H](OC(C)=O)C[C@@]21C.